The standard InChI is InChI=1S/C25H23FN2O4/c1-31-23-5-3-2-4-21(23)25(30)28-20-10-11-22-17(13-20)12-18(15-32-22)24(29)27-14-16-6-8-19(26)9-7-16/h2-11,13,18H,12,14-15H2,1H3,(H,27,29)(H,28,30)/t18-/m0/s1. The summed E-state index contributed by atoms with van der Waals surface area (Å²) in [5.74, 6) is 0.0947. The molecule has 0 aliphatic carbocycles. The molecule has 1 aliphatic rings. The summed E-state index contributed by atoms with van der Waals surface area (Å²) in [7, 11) is 1.52. The minimum atomic E-state index is -0.358. The van der Waals surface area contributed by atoms with E-state index in [0.717, 1.165) is 11.1 Å². The molecule has 0 aromatic heterocycles. The highest BCUT2D eigenvalue weighted by atomic mass is 19.1. The average molecular weight is 434 g/mol. The van der Waals surface area contributed by atoms with Crippen molar-refractivity contribution in [1.29, 1.82) is 0 Å². The molecule has 2 N–H and O–H groups in total. The molecule has 164 valence electrons. The van der Waals surface area contributed by atoms with Gasteiger partial charge in [-0.1, -0.05) is 24.3 Å². The average Bonchev–Trinajstić information content (AvgIpc) is 2.83. The monoisotopic (exact) mass is 434 g/mol. The van der Waals surface area contributed by atoms with Crippen molar-refractivity contribution in [3.8, 4) is 11.5 Å². The van der Waals surface area contributed by atoms with Crippen LogP contribution in [0.1, 0.15) is 21.5 Å². The second kappa shape index (κ2) is 9.51. The second-order valence-corrected chi connectivity index (χ2v) is 7.53. The number of carbonyl (C=O) groups excluding carboxylic acids is 2. The number of hydrogen-bond donors (Lipinski definition) is 2. The van der Waals surface area contributed by atoms with Crippen LogP contribution in [-0.2, 0) is 17.8 Å². The first-order valence-corrected chi connectivity index (χ1v) is 10.3. The number of carbonyl (C=O) groups is 2. The summed E-state index contributed by atoms with van der Waals surface area (Å²) in [6.45, 7) is 0.590. The summed E-state index contributed by atoms with van der Waals surface area (Å²) in [5.41, 5.74) is 2.70. The fraction of sp³-hybridized carbons (Fsp3) is 0.200. The van der Waals surface area contributed by atoms with Crippen LogP contribution in [0.25, 0.3) is 0 Å². The van der Waals surface area contributed by atoms with E-state index in [9.17, 15) is 14.0 Å². The maximum absolute atomic E-state index is 13.0. The van der Waals surface area contributed by atoms with Crippen molar-refractivity contribution < 1.29 is 23.5 Å². The van der Waals surface area contributed by atoms with E-state index in [1.54, 1.807) is 48.5 Å². The van der Waals surface area contributed by atoms with Gasteiger partial charge in [0, 0.05) is 12.2 Å². The number of amides is 2. The van der Waals surface area contributed by atoms with Crippen LogP contribution in [0, 0.1) is 11.7 Å². The predicted molar refractivity (Wildman–Crippen MR) is 118 cm³/mol. The van der Waals surface area contributed by atoms with Crippen molar-refractivity contribution in [2.45, 2.75) is 13.0 Å². The van der Waals surface area contributed by atoms with Gasteiger partial charge in [-0.05, 0) is 60.0 Å². The summed E-state index contributed by atoms with van der Waals surface area (Å²) in [4.78, 5) is 25.3. The van der Waals surface area contributed by atoms with Crippen LogP contribution in [0.15, 0.2) is 66.7 Å². The zero-order valence-electron chi connectivity index (χ0n) is 17.6. The Bertz CT molecular complexity index is 1130. The van der Waals surface area contributed by atoms with E-state index in [1.165, 1.54) is 19.2 Å². The summed E-state index contributed by atoms with van der Waals surface area (Å²) >= 11 is 0. The normalized spacial score (nSPS) is 14.6. The Morgan fingerprint density at radius 1 is 1.09 bits per heavy atom. The van der Waals surface area contributed by atoms with Crippen LogP contribution in [0.4, 0.5) is 10.1 Å². The van der Waals surface area contributed by atoms with Crippen LogP contribution >= 0.6 is 0 Å². The van der Waals surface area contributed by atoms with Crippen molar-refractivity contribution in [1.82, 2.24) is 5.32 Å². The molecule has 7 heteroatoms. The molecule has 2 amide bonds. The first-order valence-electron chi connectivity index (χ1n) is 10.3. The SMILES string of the molecule is COc1ccccc1C(=O)Nc1ccc2c(c1)C[C@H](C(=O)NCc1ccc(F)cc1)CO2. The van der Waals surface area contributed by atoms with Gasteiger partial charge in [0.25, 0.3) is 5.91 Å². The fourth-order valence-corrected chi connectivity index (χ4v) is 3.61. The molecule has 1 heterocycles. The molecular formula is C25H23FN2O4. The Labute approximate surface area is 185 Å². The van der Waals surface area contributed by atoms with Gasteiger partial charge in [0.15, 0.2) is 0 Å². The number of rotatable bonds is 6. The third kappa shape index (κ3) is 4.88. The van der Waals surface area contributed by atoms with Crippen LogP contribution < -0.4 is 20.1 Å². The van der Waals surface area contributed by atoms with Gasteiger partial charge in [-0.2, -0.15) is 0 Å². The number of para-hydroxylation sites is 1. The number of fused-ring (bicyclic) bond motifs is 1. The highest BCUT2D eigenvalue weighted by Gasteiger charge is 2.26. The van der Waals surface area contributed by atoms with Gasteiger partial charge in [-0.3, -0.25) is 9.59 Å². The van der Waals surface area contributed by atoms with Gasteiger partial charge in [0.05, 0.1) is 18.6 Å². The number of ether oxygens (including phenoxy) is 2. The molecule has 4 rings (SSSR count). The molecule has 0 spiro atoms. The van der Waals surface area contributed by atoms with Gasteiger partial charge in [0.2, 0.25) is 5.91 Å². The van der Waals surface area contributed by atoms with E-state index in [-0.39, 0.29) is 30.2 Å². The zero-order valence-corrected chi connectivity index (χ0v) is 17.6. The molecular weight excluding hydrogens is 411 g/mol. The number of nitrogens with one attached hydrogen (secondary N) is 2. The topological polar surface area (TPSA) is 76.7 Å². The van der Waals surface area contributed by atoms with Gasteiger partial charge >= 0.3 is 0 Å². The molecule has 3 aromatic carbocycles. The smallest absolute Gasteiger partial charge is 0.259 e. The van der Waals surface area contributed by atoms with Crippen molar-refractivity contribution in [2.75, 3.05) is 19.0 Å². The third-order valence-corrected chi connectivity index (χ3v) is 5.33. The molecule has 1 aliphatic heterocycles. The Balaban J connectivity index is 1.40. The molecule has 0 bridgehead atoms. The number of benzene rings is 3. The highest BCUT2D eigenvalue weighted by Crippen LogP contribution is 2.30. The molecule has 6 nitrogen and oxygen atoms in total. The van der Waals surface area contributed by atoms with Crippen LogP contribution in [0.2, 0.25) is 0 Å². The second-order valence-electron chi connectivity index (χ2n) is 7.53. The van der Waals surface area contributed by atoms with Crippen LogP contribution in [0.3, 0.4) is 0 Å². The van der Waals surface area contributed by atoms with Crippen LogP contribution in [-0.4, -0.2) is 25.5 Å². The number of hydrogen-bond acceptors (Lipinski definition) is 4. The zero-order chi connectivity index (χ0) is 22.5. The van der Waals surface area contributed by atoms with E-state index in [0.29, 0.717) is 35.7 Å². The van der Waals surface area contributed by atoms with E-state index < -0.39 is 0 Å². The predicted octanol–water partition coefficient (Wildman–Crippen LogP) is 3.95. The molecule has 0 unspecified atom stereocenters. The lowest BCUT2D eigenvalue weighted by molar-refractivity contribution is -0.126. The summed E-state index contributed by atoms with van der Waals surface area (Å²) in [5, 5.41) is 5.75. The largest absolute Gasteiger partial charge is 0.496 e. The van der Waals surface area contributed by atoms with Gasteiger partial charge < -0.3 is 20.1 Å². The minimum Gasteiger partial charge on any atom is -0.496 e. The fourth-order valence-electron chi connectivity index (χ4n) is 3.61. The highest BCUT2D eigenvalue weighted by molar-refractivity contribution is 6.06. The van der Waals surface area contributed by atoms with Crippen molar-refractivity contribution in [2.24, 2.45) is 5.92 Å². The Kier molecular flexibility index (Phi) is 6.35. The number of halogens is 1. The van der Waals surface area contributed by atoms with Crippen molar-refractivity contribution in [3.05, 3.63) is 89.2 Å². The number of anilines is 1. The summed E-state index contributed by atoms with van der Waals surface area (Å²) in [6.07, 6.45) is 0.489. The van der Waals surface area contributed by atoms with Gasteiger partial charge in [-0.25, -0.2) is 4.39 Å². The lowest BCUT2D eigenvalue weighted by atomic mass is 9.95. The first-order chi connectivity index (χ1) is 15.5. The summed E-state index contributed by atoms with van der Waals surface area (Å²) in [6, 6.07) is 18.4. The molecule has 0 saturated carbocycles. The van der Waals surface area contributed by atoms with Gasteiger partial charge in [-0.15, -0.1) is 0 Å². The molecule has 32 heavy (non-hydrogen) atoms. The molecule has 3 aromatic rings. The Morgan fingerprint density at radius 3 is 2.66 bits per heavy atom. The third-order valence-electron chi connectivity index (χ3n) is 5.33. The lowest BCUT2D eigenvalue weighted by Crippen LogP contribution is -2.37. The molecule has 1 atom stereocenters. The quantitative estimate of drug-likeness (QED) is 0.616. The van der Waals surface area contributed by atoms with Crippen LogP contribution in [0.5, 0.6) is 11.5 Å². The Morgan fingerprint density at radius 2 is 1.88 bits per heavy atom. The molecule has 0 radical (unpaired) electrons. The van der Waals surface area contributed by atoms with E-state index in [2.05, 4.69) is 10.6 Å². The number of methoxy groups -OCH3 is 1. The first kappa shape index (κ1) is 21.4. The van der Waals surface area contributed by atoms with E-state index >= 15 is 0 Å². The Hall–Kier alpha value is -3.87. The molecule has 0 saturated heterocycles. The summed E-state index contributed by atoms with van der Waals surface area (Å²) < 4.78 is 24.0. The van der Waals surface area contributed by atoms with Crippen molar-refractivity contribution in [3.63, 3.8) is 0 Å². The van der Waals surface area contributed by atoms with E-state index in [4.69, 9.17) is 9.47 Å². The minimum absolute atomic E-state index is 0.136. The maximum atomic E-state index is 13.0. The maximum Gasteiger partial charge on any atom is 0.259 e. The van der Waals surface area contributed by atoms with Gasteiger partial charge in [0.1, 0.15) is 23.9 Å². The lowest BCUT2D eigenvalue weighted by Gasteiger charge is -2.25. The van der Waals surface area contributed by atoms with E-state index in [1.807, 2.05) is 6.07 Å². The molecule has 0 fully saturated rings. The van der Waals surface area contributed by atoms with Crippen molar-refractivity contribution >= 4 is 17.5 Å².